The summed E-state index contributed by atoms with van der Waals surface area (Å²) in [5, 5.41) is 27.3. The van der Waals surface area contributed by atoms with Crippen LogP contribution in [0.5, 0.6) is 0 Å². The van der Waals surface area contributed by atoms with E-state index < -0.39 is 33.2 Å². The molecule has 8 rings (SSSR count). The molecule has 14 nitrogen and oxygen atoms in total. The molecule has 0 aliphatic heterocycles. The number of nitrogens with one attached hydrogen (secondary N) is 2. The molecule has 0 fully saturated rings. The molecule has 58 heavy (non-hydrogen) atoms. The number of nitro benzene ring substituents is 2. The number of rotatable bonds is 8. The van der Waals surface area contributed by atoms with E-state index in [1.807, 2.05) is 96.0 Å². The van der Waals surface area contributed by atoms with Gasteiger partial charge in [0, 0.05) is 70.5 Å². The Labute approximate surface area is 337 Å². The van der Waals surface area contributed by atoms with E-state index in [1.54, 1.807) is 24.3 Å². The molecule has 0 saturated carbocycles. The highest BCUT2D eigenvalue weighted by Gasteiger charge is 2.19. The highest BCUT2D eigenvalue weighted by atomic mass is 79.9. The van der Waals surface area contributed by atoms with Crippen LogP contribution in [0.25, 0.3) is 33.8 Å². The fourth-order valence-electron chi connectivity index (χ4n) is 5.93. The van der Waals surface area contributed by atoms with Crippen molar-refractivity contribution in [3.05, 3.63) is 187 Å². The largest absolute Gasteiger partial charge is 0.322 e. The number of halogens is 2. The van der Waals surface area contributed by atoms with Crippen LogP contribution >= 0.6 is 15.9 Å². The molecule has 0 aliphatic carbocycles. The predicted octanol–water partition coefficient (Wildman–Crippen LogP) is 9.84. The van der Waals surface area contributed by atoms with E-state index in [-0.39, 0.29) is 16.8 Å². The third kappa shape index (κ3) is 8.61. The van der Waals surface area contributed by atoms with Gasteiger partial charge in [-0.15, -0.1) is 0 Å². The van der Waals surface area contributed by atoms with Crippen LogP contribution in [0.3, 0.4) is 0 Å². The molecule has 2 amide bonds. The smallest absolute Gasteiger partial charge is 0.305 e. The van der Waals surface area contributed by atoms with E-state index in [0.29, 0.717) is 15.8 Å². The lowest BCUT2D eigenvalue weighted by atomic mass is 10.1. The van der Waals surface area contributed by atoms with Crippen molar-refractivity contribution < 1.29 is 23.8 Å². The lowest BCUT2D eigenvalue weighted by molar-refractivity contribution is -0.387. The first-order valence-corrected chi connectivity index (χ1v) is 18.2. The third-order valence-electron chi connectivity index (χ3n) is 8.88. The molecular formula is C42H30BrFN8O6. The molecule has 8 aromatic rings. The summed E-state index contributed by atoms with van der Waals surface area (Å²) in [6.07, 6.45) is 7.88. The Balaban J connectivity index is 0.000000177. The lowest BCUT2D eigenvalue weighted by Gasteiger charge is -2.06. The molecular weight excluding hydrogens is 810 g/mol. The van der Waals surface area contributed by atoms with Gasteiger partial charge in [0.25, 0.3) is 17.5 Å². The molecule has 0 saturated heterocycles. The molecule has 0 unspecified atom stereocenters. The molecule has 4 aromatic carbocycles. The number of hydrogen-bond donors (Lipinski definition) is 2. The lowest BCUT2D eigenvalue weighted by Crippen LogP contribution is -2.12. The first kappa shape index (κ1) is 38.7. The number of fused-ring (bicyclic) bond motifs is 2. The van der Waals surface area contributed by atoms with Crippen LogP contribution < -0.4 is 10.6 Å². The summed E-state index contributed by atoms with van der Waals surface area (Å²) in [4.78, 5) is 54.4. The standard InChI is InChI=1S/C21H15BrN4O3.C21H15FN4O3/c2*1-13-2-9-20-24-18(12-25(20)11-13)14-3-6-16(7-4-14)23-21(27)15-5-8-17(22)19(10-15)26(28)29/h2*2-12H,1H3,(H,23,27)/i;22-1. The van der Waals surface area contributed by atoms with Gasteiger partial charge < -0.3 is 19.4 Å². The topological polar surface area (TPSA) is 179 Å². The molecule has 0 bridgehead atoms. The zero-order valence-corrected chi connectivity index (χ0v) is 32.2. The minimum absolute atomic E-state index is 0.00195. The maximum Gasteiger partial charge on any atom is 0.305 e. The number of amides is 2. The normalized spacial score (nSPS) is 10.8. The van der Waals surface area contributed by atoms with Crippen molar-refractivity contribution in [3.63, 3.8) is 0 Å². The molecule has 2 N–H and O–H groups in total. The average molecular weight is 841 g/mol. The number of nitro groups is 2. The Morgan fingerprint density at radius 2 is 1.03 bits per heavy atom. The van der Waals surface area contributed by atoms with Crippen molar-refractivity contribution >= 4 is 61.8 Å². The van der Waals surface area contributed by atoms with Gasteiger partial charge in [-0.2, -0.15) is 4.39 Å². The van der Waals surface area contributed by atoms with Crippen molar-refractivity contribution in [3.8, 4) is 22.5 Å². The fourth-order valence-corrected chi connectivity index (χ4v) is 6.32. The number of imidazole rings is 2. The highest BCUT2D eigenvalue weighted by molar-refractivity contribution is 9.10. The number of nitrogens with zero attached hydrogens (tertiary/aromatic N) is 6. The molecule has 0 radical (unpaired) electrons. The zero-order valence-electron chi connectivity index (χ0n) is 30.6. The van der Waals surface area contributed by atoms with Gasteiger partial charge in [0.2, 0.25) is 5.82 Å². The van der Waals surface area contributed by atoms with Gasteiger partial charge in [-0.05, 0) is 102 Å². The van der Waals surface area contributed by atoms with Crippen LogP contribution in [0.2, 0.25) is 0 Å². The fraction of sp³-hybridized carbons (Fsp3) is 0.0476. The number of carbonyl (C=O) groups is 2. The second kappa shape index (κ2) is 16.3. The monoisotopic (exact) mass is 839 g/mol. The van der Waals surface area contributed by atoms with Gasteiger partial charge in [-0.25, -0.2) is 9.97 Å². The van der Waals surface area contributed by atoms with E-state index in [0.717, 1.165) is 57.1 Å². The Bertz CT molecular complexity index is 2700. The summed E-state index contributed by atoms with van der Waals surface area (Å²) in [5.74, 6) is -1.97. The van der Waals surface area contributed by atoms with Gasteiger partial charge in [-0.1, -0.05) is 36.4 Å². The SMILES string of the molecule is Cc1ccc2nc(-c3ccc(NC(=O)c4ccc(Br)c([N+](=O)[O-])c4)cc3)cn2c1.Cc1ccc2nc(-c3ccc(NC(=O)c4ccc([18F])c([N+](=O)[O-])c4)cc3)cn2c1. The van der Waals surface area contributed by atoms with Gasteiger partial charge in [-0.3, -0.25) is 29.8 Å². The van der Waals surface area contributed by atoms with Gasteiger partial charge in [0.1, 0.15) is 11.3 Å². The van der Waals surface area contributed by atoms with Crippen LogP contribution in [-0.4, -0.2) is 40.4 Å². The summed E-state index contributed by atoms with van der Waals surface area (Å²) < 4.78 is 17.7. The second-order valence-corrected chi connectivity index (χ2v) is 14.0. The Kier molecular flexibility index (Phi) is 10.8. The number of benzene rings is 4. The van der Waals surface area contributed by atoms with E-state index in [4.69, 9.17) is 0 Å². The summed E-state index contributed by atoms with van der Waals surface area (Å²) in [6.45, 7) is 4.03. The molecule has 4 heterocycles. The molecule has 0 aliphatic rings. The molecule has 16 heteroatoms. The van der Waals surface area contributed by atoms with E-state index in [2.05, 4.69) is 36.5 Å². The van der Waals surface area contributed by atoms with Crippen molar-refractivity contribution in [1.29, 1.82) is 0 Å². The van der Waals surface area contributed by atoms with Crippen molar-refractivity contribution in [2.45, 2.75) is 13.8 Å². The number of hydrogen-bond acceptors (Lipinski definition) is 8. The molecule has 288 valence electrons. The quantitative estimate of drug-likeness (QED) is 0.112. The van der Waals surface area contributed by atoms with E-state index >= 15 is 0 Å². The summed E-state index contributed by atoms with van der Waals surface area (Å²) >= 11 is 3.11. The predicted molar refractivity (Wildman–Crippen MR) is 220 cm³/mol. The first-order chi connectivity index (χ1) is 27.8. The Hall–Kier alpha value is -7.59. The third-order valence-corrected chi connectivity index (χ3v) is 9.56. The average Bonchev–Trinajstić information content (AvgIpc) is 3.83. The van der Waals surface area contributed by atoms with Gasteiger partial charge in [0.05, 0.1) is 25.7 Å². The minimum Gasteiger partial charge on any atom is -0.322 e. The summed E-state index contributed by atoms with van der Waals surface area (Å²) in [5.41, 5.74) is 7.79. The minimum atomic E-state index is -0.987. The van der Waals surface area contributed by atoms with Crippen molar-refractivity contribution in [2.24, 2.45) is 0 Å². The number of aromatic nitrogens is 4. The van der Waals surface area contributed by atoms with Crippen LogP contribution in [0.15, 0.2) is 138 Å². The van der Waals surface area contributed by atoms with E-state index in [9.17, 15) is 34.2 Å². The molecule has 0 atom stereocenters. The molecule has 4 aromatic heterocycles. The maximum atomic E-state index is 13.4. The van der Waals surface area contributed by atoms with E-state index in [1.165, 1.54) is 24.3 Å². The highest BCUT2D eigenvalue weighted by Crippen LogP contribution is 2.27. The van der Waals surface area contributed by atoms with Crippen LogP contribution in [0.4, 0.5) is 27.1 Å². The van der Waals surface area contributed by atoms with Gasteiger partial charge in [0.15, 0.2) is 0 Å². The summed E-state index contributed by atoms with van der Waals surface area (Å²) in [6, 6.07) is 29.5. The van der Waals surface area contributed by atoms with Crippen molar-refractivity contribution in [2.75, 3.05) is 10.6 Å². The Morgan fingerprint density at radius 1 is 0.603 bits per heavy atom. The number of carbonyl (C=O) groups excluding carboxylic acids is 2. The maximum absolute atomic E-state index is 13.4. The first-order valence-electron chi connectivity index (χ1n) is 17.4. The second-order valence-electron chi connectivity index (χ2n) is 13.1. The molecule has 0 spiro atoms. The number of pyridine rings is 2. The zero-order chi connectivity index (χ0) is 41.1. The van der Waals surface area contributed by atoms with Gasteiger partial charge >= 0.3 is 5.69 Å². The Morgan fingerprint density at radius 3 is 1.48 bits per heavy atom. The van der Waals surface area contributed by atoms with Crippen LogP contribution in [0.1, 0.15) is 31.8 Å². The number of aryl methyl sites for hydroxylation is 2. The summed E-state index contributed by atoms with van der Waals surface area (Å²) in [7, 11) is 0. The van der Waals surface area contributed by atoms with Crippen molar-refractivity contribution in [1.82, 2.24) is 18.8 Å². The number of anilines is 2. The van der Waals surface area contributed by atoms with Crippen LogP contribution in [-0.2, 0) is 0 Å². The van der Waals surface area contributed by atoms with Crippen LogP contribution in [0, 0.1) is 39.9 Å².